The van der Waals surface area contributed by atoms with E-state index >= 15 is 0 Å². The third-order valence-corrected chi connectivity index (χ3v) is 6.35. The zero-order chi connectivity index (χ0) is 15.4. The highest BCUT2D eigenvalue weighted by molar-refractivity contribution is 7.99. The third kappa shape index (κ3) is 3.55. The van der Waals surface area contributed by atoms with Crippen LogP contribution in [0.2, 0.25) is 0 Å². The number of thioether (sulfide) groups is 1. The molecular formula is C20H24OS. The van der Waals surface area contributed by atoms with E-state index in [4.69, 9.17) is 0 Å². The molecule has 3 atom stereocenters. The first-order chi connectivity index (χ1) is 10.7. The Kier molecular flexibility index (Phi) is 4.87. The molecule has 2 bridgehead atoms. The Labute approximate surface area is 137 Å². The molecule has 1 aromatic carbocycles. The van der Waals surface area contributed by atoms with Crippen LogP contribution in [0, 0.1) is 17.3 Å². The Bertz CT molecular complexity index is 562. The highest BCUT2D eigenvalue weighted by Crippen LogP contribution is 2.56. The van der Waals surface area contributed by atoms with E-state index in [-0.39, 0.29) is 5.41 Å². The number of benzene rings is 1. The van der Waals surface area contributed by atoms with Crippen LogP contribution in [0.25, 0.3) is 0 Å². The molecule has 1 aromatic rings. The van der Waals surface area contributed by atoms with Crippen LogP contribution in [-0.4, -0.2) is 11.5 Å². The Balaban J connectivity index is 1.65. The molecule has 0 aromatic heterocycles. The van der Waals surface area contributed by atoms with Crippen LogP contribution < -0.4 is 0 Å². The van der Waals surface area contributed by atoms with Gasteiger partial charge in [-0.1, -0.05) is 43.0 Å². The smallest absolute Gasteiger partial charge is 0.133 e. The van der Waals surface area contributed by atoms with E-state index in [1.807, 2.05) is 23.9 Å². The molecule has 2 fully saturated rings. The Morgan fingerprint density at radius 2 is 2.09 bits per heavy atom. The zero-order valence-electron chi connectivity index (χ0n) is 13.0. The summed E-state index contributed by atoms with van der Waals surface area (Å²) in [6.07, 6.45) is 11.1. The van der Waals surface area contributed by atoms with Crippen LogP contribution in [0.3, 0.4) is 0 Å². The minimum Gasteiger partial charge on any atom is -0.300 e. The fourth-order valence-corrected chi connectivity index (χ4v) is 5.41. The maximum absolute atomic E-state index is 12.1. The van der Waals surface area contributed by atoms with Gasteiger partial charge < -0.3 is 0 Å². The second-order valence-corrected chi connectivity index (χ2v) is 7.93. The summed E-state index contributed by atoms with van der Waals surface area (Å²) in [5, 5.41) is 0. The van der Waals surface area contributed by atoms with Crippen molar-refractivity contribution in [2.45, 2.75) is 37.0 Å². The number of carbonyl (C=O) groups excluding carboxylic acids is 1. The van der Waals surface area contributed by atoms with Crippen LogP contribution in [0.5, 0.6) is 0 Å². The number of hydrogen-bond acceptors (Lipinski definition) is 2. The van der Waals surface area contributed by atoms with Gasteiger partial charge in [0.15, 0.2) is 0 Å². The van der Waals surface area contributed by atoms with Gasteiger partial charge in [0.05, 0.1) is 0 Å². The van der Waals surface area contributed by atoms with Crippen LogP contribution in [0.4, 0.5) is 0 Å². The number of Topliss-reactive ketones (excluding diaryl/α,β-unsaturated/α-hetero) is 1. The quantitative estimate of drug-likeness (QED) is 0.524. The first-order valence-electron chi connectivity index (χ1n) is 8.18. The van der Waals surface area contributed by atoms with Gasteiger partial charge in [-0.3, -0.25) is 4.79 Å². The molecule has 1 nitrogen and oxygen atoms in total. The van der Waals surface area contributed by atoms with Crippen molar-refractivity contribution in [2.75, 3.05) is 5.75 Å². The van der Waals surface area contributed by atoms with Gasteiger partial charge in [-0.05, 0) is 48.6 Å². The second-order valence-electron chi connectivity index (χ2n) is 6.84. The molecule has 0 amide bonds. The number of rotatable bonds is 6. The Morgan fingerprint density at radius 3 is 2.86 bits per heavy atom. The van der Waals surface area contributed by atoms with Crippen LogP contribution >= 0.6 is 11.8 Å². The molecule has 0 saturated heterocycles. The van der Waals surface area contributed by atoms with Crippen molar-refractivity contribution in [3.05, 3.63) is 55.1 Å². The summed E-state index contributed by atoms with van der Waals surface area (Å²) >= 11 is 1.95. The summed E-state index contributed by atoms with van der Waals surface area (Å²) in [5.74, 6) is 2.92. The number of allylic oxidation sites excluding steroid dienone is 3. The average Bonchev–Trinajstić information content (AvgIpc) is 2.77. The molecule has 3 rings (SSSR count). The van der Waals surface area contributed by atoms with E-state index in [2.05, 4.69) is 43.0 Å². The molecular weight excluding hydrogens is 288 g/mol. The number of fused-ring (bicyclic) bond motifs is 2. The van der Waals surface area contributed by atoms with E-state index in [0.717, 1.165) is 25.0 Å². The van der Waals surface area contributed by atoms with Crippen LogP contribution in [0.15, 0.2) is 60.0 Å². The van der Waals surface area contributed by atoms with Crippen LogP contribution in [-0.2, 0) is 4.79 Å². The monoisotopic (exact) mass is 312 g/mol. The molecule has 116 valence electrons. The minimum atomic E-state index is 0.238. The van der Waals surface area contributed by atoms with E-state index in [1.165, 1.54) is 17.7 Å². The van der Waals surface area contributed by atoms with Gasteiger partial charge in [-0.15, -0.1) is 11.8 Å². The molecule has 0 heterocycles. The normalized spacial score (nSPS) is 30.8. The molecule has 0 aliphatic heterocycles. The van der Waals surface area contributed by atoms with Gasteiger partial charge >= 0.3 is 0 Å². The van der Waals surface area contributed by atoms with Crippen molar-refractivity contribution in [3.63, 3.8) is 0 Å². The molecule has 22 heavy (non-hydrogen) atoms. The minimum absolute atomic E-state index is 0.238. The maximum Gasteiger partial charge on any atom is 0.133 e. The lowest BCUT2D eigenvalue weighted by Crippen LogP contribution is -2.26. The Morgan fingerprint density at radius 1 is 1.27 bits per heavy atom. The van der Waals surface area contributed by atoms with Gasteiger partial charge in [0.25, 0.3) is 0 Å². The molecule has 0 unspecified atom stereocenters. The predicted molar refractivity (Wildman–Crippen MR) is 94.0 cm³/mol. The number of ketones is 1. The lowest BCUT2D eigenvalue weighted by atomic mass is 9.73. The lowest BCUT2D eigenvalue weighted by molar-refractivity contribution is -0.123. The molecule has 2 aliphatic carbocycles. The van der Waals surface area contributed by atoms with E-state index < -0.39 is 0 Å². The number of carbonyl (C=O) groups is 1. The van der Waals surface area contributed by atoms with Gasteiger partial charge in [0, 0.05) is 23.5 Å². The molecule has 2 aliphatic rings. The highest BCUT2D eigenvalue weighted by atomic mass is 32.2. The van der Waals surface area contributed by atoms with Crippen molar-refractivity contribution >= 4 is 17.5 Å². The van der Waals surface area contributed by atoms with Gasteiger partial charge in [0.2, 0.25) is 0 Å². The van der Waals surface area contributed by atoms with Crippen molar-refractivity contribution in [1.82, 2.24) is 0 Å². The van der Waals surface area contributed by atoms with Crippen LogP contribution in [0.1, 0.15) is 32.1 Å². The fourth-order valence-electron chi connectivity index (χ4n) is 4.26. The topological polar surface area (TPSA) is 17.1 Å². The molecule has 0 N–H and O–H groups in total. The Hall–Kier alpha value is -1.28. The van der Waals surface area contributed by atoms with Gasteiger partial charge in [0.1, 0.15) is 5.78 Å². The van der Waals surface area contributed by atoms with Crippen molar-refractivity contribution in [3.8, 4) is 0 Å². The summed E-state index contributed by atoms with van der Waals surface area (Å²) < 4.78 is 0. The zero-order valence-corrected chi connectivity index (χ0v) is 13.9. The third-order valence-electron chi connectivity index (χ3n) is 5.15. The van der Waals surface area contributed by atoms with Crippen molar-refractivity contribution in [2.24, 2.45) is 17.3 Å². The average molecular weight is 312 g/mol. The molecule has 2 saturated carbocycles. The first-order valence-corrected chi connectivity index (χ1v) is 9.16. The largest absolute Gasteiger partial charge is 0.300 e. The predicted octanol–water partition coefficient (Wildman–Crippen LogP) is 5.29. The van der Waals surface area contributed by atoms with E-state index in [1.54, 1.807) is 0 Å². The SMILES string of the molecule is C=C/C=C/C[C@]12CC(=O)C[C@H](C1)[C@@H](CSc1ccccc1)C2. The summed E-state index contributed by atoms with van der Waals surface area (Å²) in [6.45, 7) is 3.74. The van der Waals surface area contributed by atoms with E-state index in [9.17, 15) is 4.79 Å². The molecule has 0 spiro atoms. The summed E-state index contributed by atoms with van der Waals surface area (Å²) in [5.41, 5.74) is 0.238. The molecule has 2 heteroatoms. The highest BCUT2D eigenvalue weighted by Gasteiger charge is 2.49. The number of hydrogen-bond donors (Lipinski definition) is 0. The summed E-state index contributed by atoms with van der Waals surface area (Å²) in [4.78, 5) is 13.5. The standard InChI is InChI=1S/C20H24OS/c1-2-3-7-10-20-12-16(11-18(21)14-20)17(13-20)15-22-19-8-5-4-6-9-19/h2-9,16-17H,1,10-15H2/b7-3+/t16-,17-,20+/m1/s1. The summed E-state index contributed by atoms with van der Waals surface area (Å²) in [7, 11) is 0. The van der Waals surface area contributed by atoms with E-state index in [0.29, 0.717) is 17.6 Å². The fraction of sp³-hybridized carbons (Fsp3) is 0.450. The van der Waals surface area contributed by atoms with Gasteiger partial charge in [-0.2, -0.15) is 0 Å². The van der Waals surface area contributed by atoms with Crippen molar-refractivity contribution < 1.29 is 4.79 Å². The molecule has 0 radical (unpaired) electrons. The van der Waals surface area contributed by atoms with Gasteiger partial charge in [-0.25, -0.2) is 0 Å². The van der Waals surface area contributed by atoms with Crippen molar-refractivity contribution in [1.29, 1.82) is 0 Å². The lowest BCUT2D eigenvalue weighted by Gasteiger charge is -2.31. The summed E-state index contributed by atoms with van der Waals surface area (Å²) in [6, 6.07) is 10.6. The first kappa shape index (κ1) is 15.6. The maximum atomic E-state index is 12.1. The second kappa shape index (κ2) is 6.87.